The van der Waals surface area contributed by atoms with E-state index in [-0.39, 0.29) is 5.92 Å². The maximum atomic E-state index is 7.82. The van der Waals surface area contributed by atoms with E-state index in [2.05, 4.69) is 27.7 Å². The van der Waals surface area contributed by atoms with Crippen LogP contribution in [0.3, 0.4) is 0 Å². The molecule has 2 N–H and O–H groups in total. The zero-order valence-corrected chi connectivity index (χ0v) is 9.22. The Balaban J connectivity index is 4.08. The monoisotopic (exact) mass is 182 g/mol. The van der Waals surface area contributed by atoms with E-state index in [9.17, 15) is 0 Å². The summed E-state index contributed by atoms with van der Waals surface area (Å²) < 4.78 is 0. The molecule has 0 radical (unpaired) electrons. The van der Waals surface area contributed by atoms with Crippen LogP contribution in [0, 0.1) is 28.6 Å². The van der Waals surface area contributed by atoms with Gasteiger partial charge in [0, 0.05) is 11.6 Å². The summed E-state index contributed by atoms with van der Waals surface area (Å²) in [4.78, 5) is 0. The van der Waals surface area contributed by atoms with E-state index in [0.717, 1.165) is 18.6 Å². The molecule has 0 amide bonds. The van der Waals surface area contributed by atoms with Gasteiger partial charge in [0.2, 0.25) is 0 Å². The van der Waals surface area contributed by atoms with Gasteiger partial charge in [-0.15, -0.1) is 0 Å². The summed E-state index contributed by atoms with van der Waals surface area (Å²) in [6, 6.07) is 0. The minimum Gasteiger partial charge on any atom is -0.313 e. The van der Waals surface area contributed by atoms with Gasteiger partial charge in [0.05, 0.1) is 0 Å². The number of hydrogen-bond donors (Lipinski definition) is 2. The molecule has 0 aromatic rings. The molecule has 0 aromatic carbocycles. The van der Waals surface area contributed by atoms with Crippen molar-refractivity contribution in [2.24, 2.45) is 17.8 Å². The quantitative estimate of drug-likeness (QED) is 0.592. The lowest BCUT2D eigenvalue weighted by Gasteiger charge is -2.18. The van der Waals surface area contributed by atoms with Gasteiger partial charge in [-0.1, -0.05) is 27.7 Å². The van der Waals surface area contributed by atoms with Crippen LogP contribution in [0.1, 0.15) is 40.5 Å². The van der Waals surface area contributed by atoms with E-state index < -0.39 is 0 Å². The van der Waals surface area contributed by atoms with E-state index >= 15 is 0 Å². The fourth-order valence-electron chi connectivity index (χ4n) is 1.19. The van der Waals surface area contributed by atoms with Crippen LogP contribution in [-0.4, -0.2) is 11.9 Å². The Labute approximate surface area is 81.8 Å². The van der Waals surface area contributed by atoms with E-state index in [0.29, 0.717) is 11.8 Å². The molecule has 76 valence electrons. The first-order valence-electron chi connectivity index (χ1n) is 5.10. The molecule has 13 heavy (non-hydrogen) atoms. The highest BCUT2D eigenvalue weighted by Gasteiger charge is 2.15. The van der Waals surface area contributed by atoms with Crippen molar-refractivity contribution in [1.29, 1.82) is 10.8 Å². The Kier molecular flexibility index (Phi) is 5.60. The molecule has 0 aromatic heterocycles. The van der Waals surface area contributed by atoms with Gasteiger partial charge in [0.1, 0.15) is 0 Å². The molecule has 0 aliphatic heterocycles. The van der Waals surface area contributed by atoms with Crippen molar-refractivity contribution in [2.45, 2.75) is 40.5 Å². The van der Waals surface area contributed by atoms with Gasteiger partial charge in [0.15, 0.2) is 0 Å². The van der Waals surface area contributed by atoms with E-state index in [4.69, 9.17) is 10.8 Å². The third-order valence-electron chi connectivity index (χ3n) is 2.73. The second kappa shape index (κ2) is 5.90. The SMILES string of the molecule is CCC(C)C(=N)CC(C=N)C(C)C. The first kappa shape index (κ1) is 12.3. The molecule has 0 saturated carbocycles. The minimum atomic E-state index is 0.251. The minimum absolute atomic E-state index is 0.251. The molecular weight excluding hydrogens is 160 g/mol. The number of rotatable bonds is 6. The fourth-order valence-corrected chi connectivity index (χ4v) is 1.19. The highest BCUT2D eigenvalue weighted by atomic mass is 14.5. The second-order valence-electron chi connectivity index (χ2n) is 4.11. The maximum absolute atomic E-state index is 7.82. The van der Waals surface area contributed by atoms with Gasteiger partial charge in [-0.3, -0.25) is 0 Å². The van der Waals surface area contributed by atoms with E-state index in [1.165, 1.54) is 6.21 Å². The van der Waals surface area contributed by atoms with Gasteiger partial charge >= 0.3 is 0 Å². The zero-order chi connectivity index (χ0) is 10.4. The molecule has 0 spiro atoms. The van der Waals surface area contributed by atoms with Crippen LogP contribution in [0.2, 0.25) is 0 Å². The summed E-state index contributed by atoms with van der Waals surface area (Å²) in [6.45, 7) is 8.41. The Hall–Kier alpha value is -0.660. The molecule has 2 nitrogen and oxygen atoms in total. The number of hydrogen-bond acceptors (Lipinski definition) is 2. The average molecular weight is 182 g/mol. The Morgan fingerprint density at radius 3 is 2.15 bits per heavy atom. The van der Waals surface area contributed by atoms with E-state index in [1.54, 1.807) is 0 Å². The van der Waals surface area contributed by atoms with Gasteiger partial charge in [-0.05, 0) is 30.9 Å². The summed E-state index contributed by atoms with van der Waals surface area (Å²) in [5.74, 6) is 1.10. The van der Waals surface area contributed by atoms with Gasteiger partial charge in [0.25, 0.3) is 0 Å². The van der Waals surface area contributed by atoms with Crippen LogP contribution >= 0.6 is 0 Å². The predicted octanol–water partition coefficient (Wildman–Crippen LogP) is 3.36. The van der Waals surface area contributed by atoms with Gasteiger partial charge < -0.3 is 10.8 Å². The van der Waals surface area contributed by atoms with Crippen LogP contribution < -0.4 is 0 Å². The molecule has 2 unspecified atom stereocenters. The third-order valence-corrected chi connectivity index (χ3v) is 2.73. The van der Waals surface area contributed by atoms with Crippen LogP contribution in [0.5, 0.6) is 0 Å². The molecule has 2 atom stereocenters. The van der Waals surface area contributed by atoms with Gasteiger partial charge in [-0.2, -0.15) is 0 Å². The highest BCUT2D eigenvalue weighted by molar-refractivity contribution is 5.85. The largest absolute Gasteiger partial charge is 0.313 e. The summed E-state index contributed by atoms with van der Waals surface area (Å²) in [5, 5.41) is 15.1. The lowest BCUT2D eigenvalue weighted by Crippen LogP contribution is -2.19. The zero-order valence-electron chi connectivity index (χ0n) is 9.22. The first-order valence-corrected chi connectivity index (χ1v) is 5.10. The van der Waals surface area contributed by atoms with Crippen molar-refractivity contribution in [3.05, 3.63) is 0 Å². The average Bonchev–Trinajstić information content (AvgIpc) is 2.11. The topological polar surface area (TPSA) is 47.7 Å². The van der Waals surface area contributed by atoms with Crippen molar-refractivity contribution in [3.8, 4) is 0 Å². The second-order valence-corrected chi connectivity index (χ2v) is 4.11. The molecule has 0 saturated heterocycles. The van der Waals surface area contributed by atoms with Crippen LogP contribution in [-0.2, 0) is 0 Å². The molecular formula is C11H22N2. The predicted molar refractivity (Wildman–Crippen MR) is 58.9 cm³/mol. The molecule has 2 heteroatoms. The summed E-state index contributed by atoms with van der Waals surface area (Å²) in [7, 11) is 0. The lowest BCUT2D eigenvalue weighted by molar-refractivity contribution is 0.505. The van der Waals surface area contributed by atoms with Crippen LogP contribution in [0.15, 0.2) is 0 Å². The smallest absolute Gasteiger partial charge is 0.0124 e. The Morgan fingerprint density at radius 2 is 1.85 bits per heavy atom. The molecule has 0 heterocycles. The Bertz CT molecular complexity index is 173. The van der Waals surface area contributed by atoms with Crippen LogP contribution in [0.25, 0.3) is 0 Å². The molecule has 0 bridgehead atoms. The van der Waals surface area contributed by atoms with Crippen LogP contribution in [0.4, 0.5) is 0 Å². The van der Waals surface area contributed by atoms with Crippen molar-refractivity contribution < 1.29 is 0 Å². The highest BCUT2D eigenvalue weighted by Crippen LogP contribution is 2.17. The molecule has 0 aliphatic rings. The van der Waals surface area contributed by atoms with E-state index in [1.807, 2.05) is 0 Å². The normalized spacial score (nSPS) is 15.5. The van der Waals surface area contributed by atoms with Crippen molar-refractivity contribution >= 4 is 11.9 Å². The first-order chi connectivity index (χ1) is 6.02. The maximum Gasteiger partial charge on any atom is 0.0124 e. The van der Waals surface area contributed by atoms with Crippen molar-refractivity contribution in [3.63, 3.8) is 0 Å². The van der Waals surface area contributed by atoms with Crippen molar-refractivity contribution in [1.82, 2.24) is 0 Å². The summed E-state index contributed by atoms with van der Waals surface area (Å²) in [6.07, 6.45) is 3.28. The number of nitrogens with one attached hydrogen (secondary N) is 2. The third kappa shape index (κ3) is 4.20. The lowest BCUT2D eigenvalue weighted by atomic mass is 9.87. The molecule has 0 aliphatic carbocycles. The Morgan fingerprint density at radius 1 is 1.31 bits per heavy atom. The summed E-state index contributed by atoms with van der Waals surface area (Å²) >= 11 is 0. The van der Waals surface area contributed by atoms with Crippen molar-refractivity contribution in [2.75, 3.05) is 0 Å². The molecule has 0 fully saturated rings. The standard InChI is InChI=1S/C11H22N2/c1-5-9(4)11(13)6-10(7-12)8(2)3/h7-10,12-13H,5-6H2,1-4H3. The molecule has 0 rings (SSSR count). The fraction of sp³-hybridized carbons (Fsp3) is 0.818. The summed E-state index contributed by atoms with van der Waals surface area (Å²) in [5.41, 5.74) is 0.796. The van der Waals surface area contributed by atoms with Gasteiger partial charge in [-0.25, -0.2) is 0 Å².